The summed E-state index contributed by atoms with van der Waals surface area (Å²) in [4.78, 5) is 0. The van der Waals surface area contributed by atoms with E-state index in [4.69, 9.17) is 75.8 Å². The molecule has 112 heavy (non-hydrogen) atoms. The molecule has 0 aliphatic heterocycles. The molecule has 4 aliphatic rings. The van der Waals surface area contributed by atoms with Crippen molar-refractivity contribution in [3.05, 3.63) is 267 Å². The molecule has 0 atom stereocenters. The van der Waals surface area contributed by atoms with E-state index in [2.05, 4.69) is 242 Å². The quantitative estimate of drug-likeness (QED) is 0.0271. The molecule has 0 heterocycles. The maximum Gasteiger partial charge on any atom is 0.147 e. The minimum absolute atomic E-state index is 0.165. The zero-order valence-electron chi connectivity index (χ0n) is 66.7. The summed E-state index contributed by atoms with van der Waals surface area (Å²) in [6, 6.07) is 79.0. The van der Waals surface area contributed by atoms with Gasteiger partial charge in [-0.3, -0.25) is 0 Å². The van der Waals surface area contributed by atoms with Crippen LogP contribution in [0.25, 0.3) is 44.5 Å². The van der Waals surface area contributed by atoms with Gasteiger partial charge in [0.15, 0.2) is 0 Å². The van der Waals surface area contributed by atoms with Crippen molar-refractivity contribution in [3.63, 3.8) is 0 Å². The topological polar surface area (TPSA) is 148 Å². The zero-order valence-corrected chi connectivity index (χ0v) is 68.3. The highest BCUT2D eigenvalue weighted by Crippen LogP contribution is 2.55. The van der Waals surface area contributed by atoms with Crippen LogP contribution in [0.2, 0.25) is 0 Å². The molecule has 9 aromatic rings. The molecule has 0 unspecified atom stereocenters. The van der Waals surface area contributed by atoms with Gasteiger partial charge >= 0.3 is 0 Å². The van der Waals surface area contributed by atoms with E-state index >= 15 is 0 Å². The molecular formula is C94H110BBrO16. The Hall–Kier alpha value is -7.12. The minimum Gasteiger partial charge on any atom is -0.359 e. The van der Waals surface area contributed by atoms with Crippen LogP contribution >= 0.6 is 15.9 Å². The highest BCUT2D eigenvalue weighted by atomic mass is 79.9. The van der Waals surface area contributed by atoms with E-state index in [1.165, 1.54) is 5.46 Å². The van der Waals surface area contributed by atoms with Gasteiger partial charge < -0.3 is 75.8 Å². The second-order valence-electron chi connectivity index (χ2n) is 30.8. The van der Waals surface area contributed by atoms with Crippen molar-refractivity contribution in [1.29, 1.82) is 0 Å². The Kier molecular flexibility index (Phi) is 27.9. The number of halogens is 1. The van der Waals surface area contributed by atoms with Crippen molar-refractivity contribution in [2.45, 2.75) is 148 Å². The van der Waals surface area contributed by atoms with Crippen LogP contribution in [0.5, 0.6) is 0 Å². The van der Waals surface area contributed by atoms with Gasteiger partial charge in [0.1, 0.15) is 62.2 Å². The lowest BCUT2D eigenvalue weighted by atomic mass is 9.69. The SMILES string of the molecule is Bc1ccc(C2(OCOC)CCC(OCOC)(c3ccc(-c4ccc(C5(OCOC)CCC(OCOC)(c6ccc(-c7ccc(-c8ccc(C9(OCOC)CCC(OCOC)(c%10ccc(-c%11ccc(C%12(OCOC)CCC(OCOC)(c%13ccc(Br)cc%13)CC%12)cc%11)cc%10)CC9)cc8)cc7)cc6)CC5)cc4)cc3)CC2)cc1. The van der Waals surface area contributed by atoms with Gasteiger partial charge in [-0.1, -0.05) is 228 Å². The summed E-state index contributed by atoms with van der Waals surface area (Å²) < 4.78 is 98.7. The minimum atomic E-state index is -0.594. The van der Waals surface area contributed by atoms with Crippen LogP contribution in [0.1, 0.15) is 147 Å². The summed E-state index contributed by atoms with van der Waals surface area (Å²) in [5, 5.41) is 0. The molecule has 0 bridgehead atoms. The summed E-state index contributed by atoms with van der Waals surface area (Å²) in [5.74, 6) is 0. The van der Waals surface area contributed by atoms with Gasteiger partial charge in [-0.15, -0.1) is 0 Å². The van der Waals surface area contributed by atoms with Crippen LogP contribution in [-0.2, 0) is 121 Å². The van der Waals surface area contributed by atoms with Gasteiger partial charge in [0, 0.05) is 61.4 Å². The molecular weight excluding hydrogens is 1480 g/mol. The normalized spacial score (nSPS) is 25.4. The summed E-state index contributed by atoms with van der Waals surface area (Å²) in [7, 11) is 15.5. The van der Waals surface area contributed by atoms with Crippen LogP contribution in [0, 0.1) is 0 Å². The van der Waals surface area contributed by atoms with E-state index in [0.717, 1.165) is 145 Å². The van der Waals surface area contributed by atoms with Crippen molar-refractivity contribution in [1.82, 2.24) is 0 Å². The highest BCUT2D eigenvalue weighted by molar-refractivity contribution is 9.10. The molecule has 0 aromatic heterocycles. The smallest absolute Gasteiger partial charge is 0.147 e. The third-order valence-corrected chi connectivity index (χ3v) is 25.2. The zero-order chi connectivity index (χ0) is 78.1. The van der Waals surface area contributed by atoms with Gasteiger partial charge in [-0.25, -0.2) is 0 Å². The summed E-state index contributed by atoms with van der Waals surface area (Å²) >= 11 is 3.60. The van der Waals surface area contributed by atoms with Crippen LogP contribution in [0.4, 0.5) is 0 Å². The van der Waals surface area contributed by atoms with E-state index in [1.807, 2.05) is 0 Å². The second-order valence-corrected chi connectivity index (χ2v) is 31.7. The fraction of sp³-hybridized carbons (Fsp3) is 0.426. The molecule has 0 saturated heterocycles. The van der Waals surface area contributed by atoms with E-state index in [1.54, 1.807) is 56.9 Å². The first-order valence-corrected chi connectivity index (χ1v) is 40.0. The van der Waals surface area contributed by atoms with E-state index in [-0.39, 0.29) is 54.3 Å². The average molecular weight is 1590 g/mol. The van der Waals surface area contributed by atoms with Crippen molar-refractivity contribution >= 4 is 29.2 Å². The second kappa shape index (κ2) is 37.7. The van der Waals surface area contributed by atoms with Crippen molar-refractivity contribution < 1.29 is 75.8 Å². The number of ether oxygens (including phenoxy) is 16. The largest absolute Gasteiger partial charge is 0.359 e. The molecule has 0 N–H and O–H groups in total. The lowest BCUT2D eigenvalue weighted by Gasteiger charge is -2.46. The Bertz CT molecular complexity index is 4080. The molecule has 0 radical (unpaired) electrons. The highest BCUT2D eigenvalue weighted by Gasteiger charge is 2.51. The summed E-state index contributed by atoms with van der Waals surface area (Å²) in [5.41, 5.74) is 14.7. The predicted octanol–water partition coefficient (Wildman–Crippen LogP) is 19.0. The number of rotatable bonds is 36. The number of hydrogen-bond acceptors (Lipinski definition) is 16. The lowest BCUT2D eigenvalue weighted by molar-refractivity contribution is -0.203. The lowest BCUT2D eigenvalue weighted by Crippen LogP contribution is -2.43. The van der Waals surface area contributed by atoms with Crippen molar-refractivity contribution in [2.24, 2.45) is 0 Å². The Morgan fingerprint density at radius 2 is 0.312 bits per heavy atom. The number of methoxy groups -OCH3 is 8. The molecule has 0 spiro atoms. The molecule has 592 valence electrons. The maximum absolute atomic E-state index is 6.76. The maximum atomic E-state index is 6.76. The molecule has 9 aromatic carbocycles. The molecule has 4 saturated carbocycles. The van der Waals surface area contributed by atoms with Gasteiger partial charge in [0.25, 0.3) is 0 Å². The van der Waals surface area contributed by atoms with E-state index in [9.17, 15) is 0 Å². The van der Waals surface area contributed by atoms with Crippen LogP contribution in [0.15, 0.2) is 223 Å². The molecule has 4 fully saturated rings. The standard InChI is InChI=1S/C94H110BBrO16/c1-97-61-105-87(45-49-89(50-46-87,107-63-99-3)79-29-17-73(18-30-79)75-21-33-81(34-22-75)91(109-65-101-5)53-57-93(58-54-91,111-67-103-7)83-37-41-85(95)42-38-83)77-25-13-71(14-26-77)69-9-11-70(12-10-69)72-15-27-78(28-16-72)88(106-62-98-2)47-51-90(52-48-88,108-64-100-4)80-31-19-74(20-32-80)76-23-35-82(36-24-76)92(110-66-102-6)55-59-94(60-56-92,112-68-104-8)84-39-43-86(96)44-40-84/h9-44H,45-68,95H2,1-8H3. The number of benzene rings is 9. The molecule has 18 heteroatoms. The first-order valence-electron chi connectivity index (χ1n) is 39.3. The van der Waals surface area contributed by atoms with Gasteiger partial charge in [-0.2, -0.15) is 0 Å². The van der Waals surface area contributed by atoms with Crippen molar-refractivity contribution in [3.8, 4) is 44.5 Å². The summed E-state index contributed by atoms with van der Waals surface area (Å²) in [6.45, 7) is 1.47. The van der Waals surface area contributed by atoms with E-state index in [0.29, 0.717) is 51.4 Å². The third kappa shape index (κ3) is 18.1. The fourth-order valence-corrected chi connectivity index (χ4v) is 18.3. The Morgan fingerprint density at radius 3 is 0.446 bits per heavy atom. The van der Waals surface area contributed by atoms with Gasteiger partial charge in [0.2, 0.25) is 0 Å². The molecule has 13 rings (SSSR count). The third-order valence-electron chi connectivity index (χ3n) is 24.7. The molecule has 4 aliphatic carbocycles. The Balaban J connectivity index is 0.647. The van der Waals surface area contributed by atoms with Gasteiger partial charge in [-0.05, 0) is 204 Å². The van der Waals surface area contributed by atoms with Crippen molar-refractivity contribution in [2.75, 3.05) is 111 Å². The van der Waals surface area contributed by atoms with Crippen LogP contribution in [0.3, 0.4) is 0 Å². The predicted molar refractivity (Wildman–Crippen MR) is 441 cm³/mol. The van der Waals surface area contributed by atoms with Crippen LogP contribution in [-0.4, -0.2) is 119 Å². The molecule has 16 nitrogen and oxygen atoms in total. The Morgan fingerprint density at radius 1 is 0.196 bits per heavy atom. The average Bonchev–Trinajstić information content (AvgIpc) is 0.768. The molecule has 0 amide bonds. The Labute approximate surface area is 671 Å². The first-order chi connectivity index (χ1) is 54.6. The summed E-state index contributed by atoms with van der Waals surface area (Å²) in [6.07, 6.45) is 11.7. The fourth-order valence-electron chi connectivity index (χ4n) is 18.0. The van der Waals surface area contributed by atoms with Crippen LogP contribution < -0.4 is 5.46 Å². The van der Waals surface area contributed by atoms with E-state index < -0.39 is 44.8 Å². The number of hydrogen-bond donors (Lipinski definition) is 0. The first kappa shape index (κ1) is 82.9. The van der Waals surface area contributed by atoms with Gasteiger partial charge in [0.05, 0.1) is 44.8 Å². The monoisotopic (exact) mass is 1580 g/mol.